The number of unbranched alkanes of at least 4 members (excludes halogenated alkanes) is 2. The van der Waals surface area contributed by atoms with Gasteiger partial charge in [0.25, 0.3) is 0 Å². The van der Waals surface area contributed by atoms with Crippen LogP contribution in [0, 0.1) is 6.92 Å². The van der Waals surface area contributed by atoms with E-state index < -0.39 is 35.6 Å². The lowest BCUT2D eigenvalue weighted by molar-refractivity contribution is -0.142. The highest BCUT2D eigenvalue weighted by Crippen LogP contribution is 2.27. The molecule has 0 bridgehead atoms. The number of phenols is 1. The second-order valence-corrected chi connectivity index (χ2v) is 9.77. The fraction of sp³-hybridized carbons (Fsp3) is 0.615. The molecule has 0 radical (unpaired) electrons. The van der Waals surface area contributed by atoms with Crippen molar-refractivity contribution in [3.63, 3.8) is 0 Å². The summed E-state index contributed by atoms with van der Waals surface area (Å²) < 4.78 is 5.29. The molecule has 5 N–H and O–H groups in total. The fourth-order valence-electron chi connectivity index (χ4n) is 3.66. The van der Waals surface area contributed by atoms with E-state index in [1.165, 1.54) is 11.0 Å². The highest BCUT2D eigenvalue weighted by Gasteiger charge is 2.35. The van der Waals surface area contributed by atoms with E-state index in [2.05, 4.69) is 17.6 Å². The summed E-state index contributed by atoms with van der Waals surface area (Å²) in [5.41, 5.74) is 5.57. The van der Waals surface area contributed by atoms with Crippen LogP contribution in [0.15, 0.2) is 18.2 Å². The summed E-state index contributed by atoms with van der Waals surface area (Å²) in [6.07, 6.45) is 1.73. The first-order valence-corrected chi connectivity index (χ1v) is 12.5. The molecule has 1 rings (SSSR count). The van der Waals surface area contributed by atoms with Gasteiger partial charge in [-0.2, -0.15) is 0 Å². The summed E-state index contributed by atoms with van der Waals surface area (Å²) in [5, 5.41) is 15.4. The monoisotopic (exact) mass is 506 g/mol. The molecule has 0 fully saturated rings. The standard InChI is InChI=1S/C26H42N4O6/c1-7-9-10-15-28-23(33)22(18-11-13-20(31)17(3)16-18)30(8-2)24(34)19(12-14-21(27)32)29-25(35)36-26(4,5)6/h11,13,16,19,22,31H,7-10,12,14-15H2,1-6H3,(H2,27,32)(H,28,33)(H,29,35). The molecule has 0 aromatic heterocycles. The number of phenolic OH excluding ortho intramolecular Hbond substituents is 1. The number of carbonyl (C=O) groups excluding carboxylic acids is 4. The number of primary amides is 1. The van der Waals surface area contributed by atoms with Crippen molar-refractivity contribution in [1.82, 2.24) is 15.5 Å². The quantitative estimate of drug-likeness (QED) is 0.302. The summed E-state index contributed by atoms with van der Waals surface area (Å²) in [6.45, 7) is 11.2. The molecule has 2 unspecified atom stereocenters. The van der Waals surface area contributed by atoms with Gasteiger partial charge in [0.05, 0.1) is 0 Å². The Morgan fingerprint density at radius 3 is 2.33 bits per heavy atom. The van der Waals surface area contributed by atoms with Crippen LogP contribution in [0.3, 0.4) is 0 Å². The molecule has 0 heterocycles. The lowest BCUT2D eigenvalue weighted by Gasteiger charge is -2.34. The van der Waals surface area contributed by atoms with Crippen molar-refractivity contribution in [3.05, 3.63) is 29.3 Å². The number of aromatic hydroxyl groups is 1. The summed E-state index contributed by atoms with van der Waals surface area (Å²) in [4.78, 5) is 52.3. The molecule has 0 spiro atoms. The molecule has 0 aliphatic carbocycles. The predicted octanol–water partition coefficient (Wildman–Crippen LogP) is 3.06. The first kappa shape index (κ1) is 30.7. The van der Waals surface area contributed by atoms with Crippen molar-refractivity contribution in [1.29, 1.82) is 0 Å². The summed E-state index contributed by atoms with van der Waals surface area (Å²) in [6, 6.07) is 2.57. The Bertz CT molecular complexity index is 912. The fourth-order valence-corrected chi connectivity index (χ4v) is 3.66. The Labute approximate surface area is 213 Å². The Balaban J connectivity index is 3.34. The van der Waals surface area contributed by atoms with Crippen molar-refractivity contribution in [2.75, 3.05) is 13.1 Å². The van der Waals surface area contributed by atoms with E-state index in [-0.39, 0.29) is 31.0 Å². The van der Waals surface area contributed by atoms with Crippen molar-refractivity contribution in [2.45, 2.75) is 91.3 Å². The number of alkyl carbamates (subject to hydrolysis) is 1. The number of rotatable bonds is 13. The number of carbonyl (C=O) groups is 4. The van der Waals surface area contributed by atoms with Crippen LogP contribution < -0.4 is 16.4 Å². The molecule has 2 atom stereocenters. The predicted molar refractivity (Wildman–Crippen MR) is 137 cm³/mol. The maximum Gasteiger partial charge on any atom is 0.408 e. The first-order chi connectivity index (χ1) is 16.8. The third-order valence-electron chi connectivity index (χ3n) is 5.47. The van der Waals surface area contributed by atoms with E-state index >= 15 is 0 Å². The molecule has 10 nitrogen and oxygen atoms in total. The van der Waals surface area contributed by atoms with Gasteiger partial charge in [-0.15, -0.1) is 0 Å². The number of hydrogen-bond acceptors (Lipinski definition) is 6. The first-order valence-electron chi connectivity index (χ1n) is 12.5. The van der Waals surface area contributed by atoms with Gasteiger partial charge >= 0.3 is 6.09 Å². The zero-order valence-electron chi connectivity index (χ0n) is 22.3. The highest BCUT2D eigenvalue weighted by atomic mass is 16.6. The van der Waals surface area contributed by atoms with Crippen LogP contribution in [0.4, 0.5) is 4.79 Å². The van der Waals surface area contributed by atoms with Gasteiger partial charge in [-0.05, 0) is 70.7 Å². The average Bonchev–Trinajstić information content (AvgIpc) is 2.77. The van der Waals surface area contributed by atoms with Crippen LogP contribution in [0.1, 0.15) is 83.9 Å². The molecule has 10 heteroatoms. The van der Waals surface area contributed by atoms with Gasteiger partial charge in [0, 0.05) is 19.5 Å². The molecular weight excluding hydrogens is 464 g/mol. The van der Waals surface area contributed by atoms with Crippen LogP contribution in [-0.2, 0) is 19.1 Å². The van der Waals surface area contributed by atoms with Crippen LogP contribution >= 0.6 is 0 Å². The van der Waals surface area contributed by atoms with Crippen LogP contribution in [-0.4, -0.2) is 58.6 Å². The zero-order chi connectivity index (χ0) is 27.5. The Morgan fingerprint density at radius 2 is 1.81 bits per heavy atom. The number of hydrogen-bond donors (Lipinski definition) is 4. The van der Waals surface area contributed by atoms with E-state index in [0.29, 0.717) is 17.7 Å². The van der Waals surface area contributed by atoms with Gasteiger partial charge in [-0.1, -0.05) is 25.8 Å². The summed E-state index contributed by atoms with van der Waals surface area (Å²) in [5.74, 6) is -1.48. The number of benzene rings is 1. The van der Waals surface area contributed by atoms with E-state index in [1.54, 1.807) is 46.8 Å². The van der Waals surface area contributed by atoms with Crippen molar-refractivity contribution in [3.8, 4) is 5.75 Å². The molecule has 0 aliphatic heterocycles. The minimum atomic E-state index is -1.14. The van der Waals surface area contributed by atoms with Gasteiger partial charge < -0.3 is 31.1 Å². The minimum Gasteiger partial charge on any atom is -0.508 e. The number of aryl methyl sites for hydroxylation is 1. The topological polar surface area (TPSA) is 151 Å². The van der Waals surface area contributed by atoms with Gasteiger partial charge in [-0.25, -0.2) is 4.79 Å². The average molecular weight is 507 g/mol. The number of nitrogens with two attached hydrogens (primary N) is 1. The molecule has 4 amide bonds. The van der Waals surface area contributed by atoms with Gasteiger partial charge in [0.2, 0.25) is 17.7 Å². The van der Waals surface area contributed by atoms with E-state index in [1.807, 2.05) is 0 Å². The Hall–Kier alpha value is -3.30. The third-order valence-corrected chi connectivity index (χ3v) is 5.47. The number of likely N-dealkylation sites (N-methyl/N-ethyl adjacent to an activating group) is 1. The van der Waals surface area contributed by atoms with Gasteiger partial charge in [-0.3, -0.25) is 14.4 Å². The molecule has 0 saturated carbocycles. The molecule has 202 valence electrons. The van der Waals surface area contributed by atoms with E-state index in [9.17, 15) is 24.3 Å². The highest BCUT2D eigenvalue weighted by molar-refractivity contribution is 5.92. The molecule has 1 aromatic carbocycles. The lowest BCUT2D eigenvalue weighted by Crippen LogP contribution is -2.53. The lowest BCUT2D eigenvalue weighted by atomic mass is 9.99. The third kappa shape index (κ3) is 10.1. The summed E-state index contributed by atoms with van der Waals surface area (Å²) >= 11 is 0. The van der Waals surface area contributed by atoms with Gasteiger partial charge in [0.1, 0.15) is 23.4 Å². The molecule has 36 heavy (non-hydrogen) atoms. The SMILES string of the molecule is CCCCCNC(=O)C(c1ccc(O)c(C)c1)N(CC)C(=O)C(CCC(N)=O)NC(=O)OC(C)(C)C. The second-order valence-electron chi connectivity index (χ2n) is 9.77. The van der Waals surface area contributed by atoms with E-state index in [4.69, 9.17) is 10.5 Å². The van der Waals surface area contributed by atoms with Crippen LogP contribution in [0.25, 0.3) is 0 Å². The Morgan fingerprint density at radius 1 is 1.14 bits per heavy atom. The number of ether oxygens (including phenoxy) is 1. The minimum absolute atomic E-state index is 0.0522. The molecule has 0 aliphatic rings. The molecule has 1 aromatic rings. The number of amides is 4. The van der Waals surface area contributed by atoms with Crippen molar-refractivity contribution >= 4 is 23.8 Å². The normalized spacial score (nSPS) is 12.8. The summed E-state index contributed by atoms with van der Waals surface area (Å²) in [7, 11) is 0. The second kappa shape index (κ2) is 14.3. The van der Waals surface area contributed by atoms with Gasteiger partial charge in [0.15, 0.2) is 0 Å². The largest absolute Gasteiger partial charge is 0.508 e. The smallest absolute Gasteiger partial charge is 0.408 e. The van der Waals surface area contributed by atoms with Crippen LogP contribution in [0.5, 0.6) is 5.75 Å². The zero-order valence-corrected chi connectivity index (χ0v) is 22.3. The van der Waals surface area contributed by atoms with Crippen LogP contribution in [0.2, 0.25) is 0 Å². The van der Waals surface area contributed by atoms with Crippen molar-refractivity contribution in [2.24, 2.45) is 5.73 Å². The number of nitrogens with one attached hydrogen (secondary N) is 2. The maximum absolute atomic E-state index is 13.7. The molecule has 0 saturated heterocycles. The van der Waals surface area contributed by atoms with Crippen molar-refractivity contribution < 1.29 is 29.0 Å². The number of nitrogens with zero attached hydrogens (tertiary/aromatic N) is 1. The van der Waals surface area contributed by atoms with E-state index in [0.717, 1.165) is 19.3 Å². The molecular formula is C26H42N4O6. The Kier molecular flexibility index (Phi) is 12.2. The maximum atomic E-state index is 13.7.